The molecule has 18 heavy (non-hydrogen) atoms. The maximum absolute atomic E-state index is 10.1. The molecule has 2 saturated carbocycles. The molecule has 5 atom stereocenters. The van der Waals surface area contributed by atoms with Crippen LogP contribution in [0.4, 0.5) is 0 Å². The van der Waals surface area contributed by atoms with E-state index < -0.39 is 0 Å². The van der Waals surface area contributed by atoms with Crippen LogP contribution in [0.1, 0.15) is 73.1 Å². The van der Waals surface area contributed by atoms with Gasteiger partial charge in [0.25, 0.3) is 0 Å². The highest BCUT2D eigenvalue weighted by Crippen LogP contribution is 2.55. The largest absolute Gasteiger partial charge is 0.393 e. The zero-order valence-electron chi connectivity index (χ0n) is 13.0. The van der Waals surface area contributed by atoms with Gasteiger partial charge in [-0.1, -0.05) is 41.0 Å². The first kappa shape index (κ1) is 14.4. The van der Waals surface area contributed by atoms with Gasteiger partial charge in [-0.25, -0.2) is 0 Å². The molecule has 2 rings (SSSR count). The van der Waals surface area contributed by atoms with Gasteiger partial charge < -0.3 is 5.11 Å². The van der Waals surface area contributed by atoms with Gasteiger partial charge in [0.1, 0.15) is 0 Å². The average molecular weight is 252 g/mol. The number of hydrogen-bond donors (Lipinski definition) is 1. The van der Waals surface area contributed by atoms with Crippen LogP contribution in [0.5, 0.6) is 0 Å². The molecule has 0 aromatic carbocycles. The van der Waals surface area contributed by atoms with Crippen molar-refractivity contribution in [2.45, 2.75) is 79.2 Å². The smallest absolute Gasteiger partial charge is 0.0568 e. The number of hydrogen-bond acceptors (Lipinski definition) is 1. The van der Waals surface area contributed by atoms with E-state index in [4.69, 9.17) is 0 Å². The Bertz CT molecular complexity index is 290. The summed E-state index contributed by atoms with van der Waals surface area (Å²) in [7, 11) is 0. The Morgan fingerprint density at radius 2 is 1.83 bits per heavy atom. The third-order valence-electron chi connectivity index (χ3n) is 5.69. The van der Waals surface area contributed by atoms with Crippen molar-refractivity contribution in [2.24, 2.45) is 28.6 Å². The van der Waals surface area contributed by atoms with Gasteiger partial charge in [0.2, 0.25) is 0 Å². The Labute approximate surface area is 113 Å². The molecule has 1 heteroatoms. The van der Waals surface area contributed by atoms with E-state index in [0.29, 0.717) is 16.7 Å². The van der Waals surface area contributed by atoms with E-state index in [2.05, 4.69) is 34.6 Å². The molecule has 2 aliphatic rings. The molecule has 2 aliphatic carbocycles. The van der Waals surface area contributed by atoms with Crippen LogP contribution in [0.3, 0.4) is 0 Å². The molecule has 0 aliphatic heterocycles. The summed E-state index contributed by atoms with van der Waals surface area (Å²) in [6, 6.07) is 0. The molecule has 0 aromatic heterocycles. The highest BCUT2D eigenvalue weighted by atomic mass is 16.3. The minimum Gasteiger partial charge on any atom is -0.393 e. The molecule has 0 spiro atoms. The van der Waals surface area contributed by atoms with E-state index in [9.17, 15) is 5.11 Å². The second-order valence-electron chi connectivity index (χ2n) is 8.64. The van der Waals surface area contributed by atoms with Crippen molar-refractivity contribution < 1.29 is 5.11 Å². The lowest BCUT2D eigenvalue weighted by atomic mass is 9.53. The topological polar surface area (TPSA) is 20.2 Å². The summed E-state index contributed by atoms with van der Waals surface area (Å²) in [6.45, 7) is 11.9. The van der Waals surface area contributed by atoms with Gasteiger partial charge in [0, 0.05) is 0 Å². The van der Waals surface area contributed by atoms with Crippen molar-refractivity contribution in [3.05, 3.63) is 0 Å². The van der Waals surface area contributed by atoms with E-state index in [-0.39, 0.29) is 6.10 Å². The predicted molar refractivity (Wildman–Crippen MR) is 77.4 cm³/mol. The Morgan fingerprint density at radius 3 is 2.44 bits per heavy atom. The Kier molecular flexibility index (Phi) is 3.84. The summed E-state index contributed by atoms with van der Waals surface area (Å²) in [5, 5.41) is 10.1. The number of aliphatic hydroxyl groups excluding tert-OH is 1. The summed E-state index contributed by atoms with van der Waals surface area (Å²) in [4.78, 5) is 0. The van der Waals surface area contributed by atoms with Crippen molar-refractivity contribution >= 4 is 0 Å². The molecule has 0 heterocycles. The summed E-state index contributed by atoms with van der Waals surface area (Å²) in [6.07, 6.45) is 7.71. The van der Waals surface area contributed by atoms with Crippen molar-refractivity contribution in [3.8, 4) is 0 Å². The van der Waals surface area contributed by atoms with Crippen LogP contribution in [0, 0.1) is 28.6 Å². The molecule has 0 bridgehead atoms. The maximum atomic E-state index is 10.1. The molecule has 0 aromatic rings. The third kappa shape index (κ3) is 2.92. The fourth-order valence-electron chi connectivity index (χ4n) is 4.91. The van der Waals surface area contributed by atoms with Crippen molar-refractivity contribution in [1.82, 2.24) is 0 Å². The Hall–Kier alpha value is -0.0400. The first-order valence-corrected chi connectivity index (χ1v) is 7.89. The zero-order chi connectivity index (χ0) is 13.6. The molecule has 1 N–H and O–H groups in total. The van der Waals surface area contributed by atoms with E-state index in [1.54, 1.807) is 0 Å². The first-order valence-electron chi connectivity index (χ1n) is 7.89. The van der Waals surface area contributed by atoms with Crippen molar-refractivity contribution in [3.63, 3.8) is 0 Å². The molecule has 0 radical (unpaired) electrons. The second kappa shape index (κ2) is 4.81. The van der Waals surface area contributed by atoms with Gasteiger partial charge in [-0.3, -0.25) is 0 Å². The van der Waals surface area contributed by atoms with E-state index in [0.717, 1.165) is 18.3 Å². The molecular weight excluding hydrogens is 220 g/mol. The maximum Gasteiger partial charge on any atom is 0.0568 e. The lowest BCUT2D eigenvalue weighted by molar-refractivity contribution is -0.0715. The van der Waals surface area contributed by atoms with Gasteiger partial charge in [-0.15, -0.1) is 0 Å². The van der Waals surface area contributed by atoms with Crippen molar-refractivity contribution in [1.29, 1.82) is 0 Å². The predicted octanol–water partition coefficient (Wildman–Crippen LogP) is 4.64. The Morgan fingerprint density at radius 1 is 1.17 bits per heavy atom. The number of fused-ring (bicyclic) bond motifs is 1. The summed E-state index contributed by atoms with van der Waals surface area (Å²) in [5.41, 5.74) is 0.973. The molecule has 0 amide bonds. The number of rotatable bonds is 1. The number of aliphatic hydroxyl groups is 1. The van der Waals surface area contributed by atoms with Gasteiger partial charge in [0.15, 0.2) is 0 Å². The molecule has 0 saturated heterocycles. The molecule has 1 nitrogen and oxygen atoms in total. The lowest BCUT2D eigenvalue weighted by Gasteiger charge is -2.53. The van der Waals surface area contributed by atoms with E-state index in [1.165, 1.54) is 32.1 Å². The molecule has 5 unspecified atom stereocenters. The SMILES string of the molecule is CC1C(O)CCC2(C)CC(CC(C)(C)C)CCC12. The van der Waals surface area contributed by atoms with Crippen LogP contribution >= 0.6 is 0 Å². The van der Waals surface area contributed by atoms with E-state index >= 15 is 0 Å². The normalized spacial score (nSPS) is 45.7. The lowest BCUT2D eigenvalue weighted by Crippen LogP contribution is -2.46. The molecular formula is C17H32O. The minimum absolute atomic E-state index is 0.0396. The molecule has 106 valence electrons. The van der Waals surface area contributed by atoms with E-state index in [1.807, 2.05) is 0 Å². The fraction of sp³-hybridized carbons (Fsp3) is 1.00. The van der Waals surface area contributed by atoms with Crippen LogP contribution in [-0.4, -0.2) is 11.2 Å². The quantitative estimate of drug-likeness (QED) is 0.721. The van der Waals surface area contributed by atoms with Gasteiger partial charge in [0.05, 0.1) is 6.10 Å². The summed E-state index contributed by atoms with van der Waals surface area (Å²) >= 11 is 0. The van der Waals surface area contributed by atoms with Crippen LogP contribution in [0.2, 0.25) is 0 Å². The first-order chi connectivity index (χ1) is 8.21. The summed E-state index contributed by atoms with van der Waals surface area (Å²) in [5.74, 6) is 2.19. The van der Waals surface area contributed by atoms with Gasteiger partial charge >= 0.3 is 0 Å². The minimum atomic E-state index is -0.0396. The van der Waals surface area contributed by atoms with Crippen LogP contribution in [0.25, 0.3) is 0 Å². The highest BCUT2D eigenvalue weighted by molar-refractivity contribution is 4.97. The Balaban J connectivity index is 2.04. The monoisotopic (exact) mass is 252 g/mol. The van der Waals surface area contributed by atoms with Crippen LogP contribution < -0.4 is 0 Å². The van der Waals surface area contributed by atoms with Crippen LogP contribution in [0.15, 0.2) is 0 Å². The average Bonchev–Trinajstić information content (AvgIpc) is 2.21. The molecule has 2 fully saturated rings. The zero-order valence-corrected chi connectivity index (χ0v) is 13.0. The second-order valence-corrected chi connectivity index (χ2v) is 8.64. The standard InChI is InChI=1S/C17H32O/c1-12-14-7-6-13(10-16(2,3)4)11-17(14,5)9-8-15(12)18/h12-15,18H,6-11H2,1-5H3. The highest BCUT2D eigenvalue weighted by Gasteiger charge is 2.47. The van der Waals surface area contributed by atoms with Gasteiger partial charge in [-0.05, 0) is 60.7 Å². The van der Waals surface area contributed by atoms with Crippen LogP contribution in [-0.2, 0) is 0 Å². The third-order valence-corrected chi connectivity index (χ3v) is 5.69. The van der Waals surface area contributed by atoms with Crippen molar-refractivity contribution in [2.75, 3.05) is 0 Å². The summed E-state index contributed by atoms with van der Waals surface area (Å²) < 4.78 is 0. The van der Waals surface area contributed by atoms with Gasteiger partial charge in [-0.2, -0.15) is 0 Å². The fourth-order valence-corrected chi connectivity index (χ4v) is 4.91.